The van der Waals surface area contributed by atoms with E-state index in [1.807, 2.05) is 24.3 Å². The molecule has 3 N–H and O–H groups in total. The minimum Gasteiger partial charge on any atom is -0.489 e. The van der Waals surface area contributed by atoms with Crippen LogP contribution < -0.4 is 15.2 Å². The second-order valence-electron chi connectivity index (χ2n) is 7.40. The number of ether oxygens (including phenoxy) is 2. The monoisotopic (exact) mass is 459 g/mol. The van der Waals surface area contributed by atoms with E-state index >= 15 is 0 Å². The van der Waals surface area contributed by atoms with Gasteiger partial charge in [0.2, 0.25) is 0 Å². The molecule has 8 nitrogen and oxygen atoms in total. The second-order valence-corrected chi connectivity index (χ2v) is 7.40. The Morgan fingerprint density at radius 1 is 1.00 bits per heavy atom. The maximum Gasteiger partial charge on any atom is 0.305 e. The molecule has 0 aliphatic heterocycles. The molecule has 0 fully saturated rings. The van der Waals surface area contributed by atoms with Crippen LogP contribution in [0, 0.1) is 11.3 Å². The number of carboxylic acids is 1. The van der Waals surface area contributed by atoms with Gasteiger partial charge in [0.1, 0.15) is 37.5 Å². The summed E-state index contributed by atoms with van der Waals surface area (Å²) < 4.78 is 11.6. The summed E-state index contributed by atoms with van der Waals surface area (Å²) in [6.45, 7) is 0.564. The molecule has 0 radical (unpaired) electrons. The molecular formula is C26H25N3O5. The molecule has 3 aromatic carbocycles. The summed E-state index contributed by atoms with van der Waals surface area (Å²) in [4.78, 5) is 15.7. The highest BCUT2D eigenvalue weighted by Crippen LogP contribution is 2.20. The highest BCUT2D eigenvalue weighted by molar-refractivity contribution is 6.01. The summed E-state index contributed by atoms with van der Waals surface area (Å²) >= 11 is 0. The number of hydrogen-bond donors (Lipinski definition) is 2. The van der Waals surface area contributed by atoms with Crippen LogP contribution in [0.2, 0.25) is 0 Å². The van der Waals surface area contributed by atoms with Crippen LogP contribution in [-0.2, 0) is 16.2 Å². The number of nitrogens with zero attached hydrogens (tertiary/aromatic N) is 2. The van der Waals surface area contributed by atoms with Crippen molar-refractivity contribution in [2.24, 2.45) is 10.9 Å². The Hall–Kier alpha value is -4.35. The Kier molecular flexibility index (Phi) is 8.60. The first-order valence-electron chi connectivity index (χ1n) is 10.5. The number of carboxylic acid groups (broad SMARTS) is 1. The maximum absolute atomic E-state index is 10.8. The summed E-state index contributed by atoms with van der Waals surface area (Å²) in [5, 5.41) is 21.8. The molecule has 1 unspecified atom stereocenters. The van der Waals surface area contributed by atoms with Crippen molar-refractivity contribution in [2.75, 3.05) is 13.7 Å². The van der Waals surface area contributed by atoms with Crippen LogP contribution >= 0.6 is 0 Å². The van der Waals surface area contributed by atoms with Gasteiger partial charge in [-0.25, -0.2) is 0 Å². The number of hydrogen-bond acceptors (Lipinski definition) is 7. The van der Waals surface area contributed by atoms with Gasteiger partial charge < -0.3 is 25.2 Å². The van der Waals surface area contributed by atoms with Crippen LogP contribution in [0.1, 0.15) is 34.7 Å². The lowest BCUT2D eigenvalue weighted by molar-refractivity contribution is -0.137. The normalized spacial score (nSPS) is 11.9. The van der Waals surface area contributed by atoms with Crippen molar-refractivity contribution in [2.45, 2.75) is 19.1 Å². The van der Waals surface area contributed by atoms with E-state index in [2.05, 4.69) is 11.2 Å². The Bertz CT molecular complexity index is 1150. The van der Waals surface area contributed by atoms with Crippen LogP contribution in [0.25, 0.3) is 0 Å². The van der Waals surface area contributed by atoms with Gasteiger partial charge in [0.25, 0.3) is 0 Å². The van der Waals surface area contributed by atoms with E-state index in [1.54, 1.807) is 48.5 Å². The molecule has 8 heteroatoms. The van der Waals surface area contributed by atoms with Crippen LogP contribution in [0.15, 0.2) is 78.0 Å². The number of carbonyl (C=O) groups is 1. The van der Waals surface area contributed by atoms with Crippen molar-refractivity contribution in [3.05, 3.63) is 95.1 Å². The first-order valence-corrected chi connectivity index (χ1v) is 10.5. The fourth-order valence-corrected chi connectivity index (χ4v) is 3.13. The largest absolute Gasteiger partial charge is 0.489 e. The van der Waals surface area contributed by atoms with Gasteiger partial charge in [-0.2, -0.15) is 5.26 Å². The molecule has 34 heavy (non-hydrogen) atoms. The summed E-state index contributed by atoms with van der Waals surface area (Å²) in [5.41, 5.74) is 9.55. The SMILES string of the molecule is CO/N=C(/COc1ccc(COc2ccc(C(N)CC(=O)O)cc2)cc1)c1ccc(C#N)cc1. The molecule has 0 bridgehead atoms. The zero-order chi connectivity index (χ0) is 24.3. The average molecular weight is 460 g/mol. The smallest absolute Gasteiger partial charge is 0.305 e. The van der Waals surface area contributed by atoms with Gasteiger partial charge in [0.05, 0.1) is 18.1 Å². The molecule has 0 aliphatic rings. The highest BCUT2D eigenvalue weighted by atomic mass is 16.6. The number of nitrogens with two attached hydrogens (primary N) is 1. The lowest BCUT2D eigenvalue weighted by Gasteiger charge is -2.12. The summed E-state index contributed by atoms with van der Waals surface area (Å²) in [6.07, 6.45) is -0.124. The molecule has 0 spiro atoms. The van der Waals surface area contributed by atoms with Crippen molar-refractivity contribution in [1.29, 1.82) is 5.26 Å². The van der Waals surface area contributed by atoms with Crippen molar-refractivity contribution in [1.82, 2.24) is 0 Å². The minimum absolute atomic E-state index is 0.124. The van der Waals surface area contributed by atoms with Gasteiger partial charge in [0.15, 0.2) is 0 Å². The predicted molar refractivity (Wildman–Crippen MR) is 127 cm³/mol. The molecule has 0 aliphatic carbocycles. The van der Waals surface area contributed by atoms with Crippen LogP contribution in [0.4, 0.5) is 0 Å². The summed E-state index contributed by atoms with van der Waals surface area (Å²) in [6, 6.07) is 23.1. The topological polar surface area (TPSA) is 127 Å². The first-order chi connectivity index (χ1) is 16.5. The second kappa shape index (κ2) is 12.0. The Balaban J connectivity index is 1.53. The molecule has 3 rings (SSSR count). The van der Waals surface area contributed by atoms with E-state index in [0.29, 0.717) is 29.4 Å². The molecular weight excluding hydrogens is 434 g/mol. The molecule has 0 amide bonds. The Labute approximate surface area is 197 Å². The third kappa shape index (κ3) is 7.08. The van der Waals surface area contributed by atoms with Crippen molar-refractivity contribution in [3.8, 4) is 17.6 Å². The zero-order valence-electron chi connectivity index (χ0n) is 18.7. The summed E-state index contributed by atoms with van der Waals surface area (Å²) in [7, 11) is 1.47. The van der Waals surface area contributed by atoms with Crippen molar-refractivity contribution in [3.63, 3.8) is 0 Å². The first kappa shape index (κ1) is 24.3. The highest BCUT2D eigenvalue weighted by Gasteiger charge is 2.11. The number of benzene rings is 3. The molecule has 1 atom stereocenters. The maximum atomic E-state index is 10.8. The van der Waals surface area contributed by atoms with Gasteiger partial charge in [-0.05, 0) is 47.5 Å². The van der Waals surface area contributed by atoms with E-state index in [4.69, 9.17) is 30.4 Å². The standard InChI is InChI=1S/C26H25N3O5/c1-32-29-25(21-6-2-18(15-27)3-7-21)17-34-22-10-4-19(5-11-22)16-33-23-12-8-20(9-13-23)24(28)14-26(30)31/h2-13,24H,14,16-17,28H2,1H3,(H,30,31)/b29-25-. The lowest BCUT2D eigenvalue weighted by atomic mass is 10.0. The van der Waals surface area contributed by atoms with E-state index < -0.39 is 12.0 Å². The van der Waals surface area contributed by atoms with Crippen molar-refractivity contribution >= 4 is 11.7 Å². The molecule has 0 heterocycles. The van der Waals surface area contributed by atoms with Gasteiger partial charge in [-0.3, -0.25) is 4.79 Å². The number of rotatable bonds is 11. The molecule has 3 aromatic rings. The minimum atomic E-state index is -0.934. The Morgan fingerprint density at radius 3 is 2.21 bits per heavy atom. The Morgan fingerprint density at radius 2 is 1.62 bits per heavy atom. The van der Waals surface area contributed by atoms with Crippen LogP contribution in [0.3, 0.4) is 0 Å². The quantitative estimate of drug-likeness (QED) is 0.327. The van der Waals surface area contributed by atoms with Gasteiger partial charge in [0, 0.05) is 11.6 Å². The molecule has 0 saturated carbocycles. The van der Waals surface area contributed by atoms with E-state index in [1.165, 1.54) is 7.11 Å². The van der Waals surface area contributed by atoms with E-state index in [0.717, 1.165) is 16.7 Å². The fourth-order valence-electron chi connectivity index (χ4n) is 3.13. The molecule has 0 aromatic heterocycles. The van der Waals surface area contributed by atoms with E-state index in [-0.39, 0.29) is 13.0 Å². The van der Waals surface area contributed by atoms with Gasteiger partial charge in [-0.15, -0.1) is 0 Å². The van der Waals surface area contributed by atoms with Gasteiger partial charge in [-0.1, -0.05) is 41.6 Å². The lowest BCUT2D eigenvalue weighted by Crippen LogP contribution is -2.14. The number of aliphatic carboxylic acids is 1. The fraction of sp³-hybridized carbons (Fsp3) is 0.192. The third-order valence-electron chi connectivity index (χ3n) is 4.96. The predicted octanol–water partition coefficient (Wildman–Crippen LogP) is 4.04. The molecule has 0 saturated heterocycles. The average Bonchev–Trinajstić information content (AvgIpc) is 2.86. The van der Waals surface area contributed by atoms with Crippen molar-refractivity contribution < 1.29 is 24.2 Å². The zero-order valence-corrected chi connectivity index (χ0v) is 18.7. The number of oxime groups is 1. The van der Waals surface area contributed by atoms with Gasteiger partial charge >= 0.3 is 5.97 Å². The van der Waals surface area contributed by atoms with Crippen LogP contribution in [-0.4, -0.2) is 30.5 Å². The third-order valence-corrected chi connectivity index (χ3v) is 4.96. The summed E-state index contributed by atoms with van der Waals surface area (Å²) in [5.74, 6) is 0.393. The molecule has 174 valence electrons. The number of nitriles is 1. The van der Waals surface area contributed by atoms with Crippen LogP contribution in [0.5, 0.6) is 11.5 Å². The van der Waals surface area contributed by atoms with E-state index in [9.17, 15) is 4.79 Å².